The van der Waals surface area contributed by atoms with Gasteiger partial charge in [-0.2, -0.15) is 0 Å². The van der Waals surface area contributed by atoms with Crippen LogP contribution < -0.4 is 10.6 Å². The maximum Gasteiger partial charge on any atom is 0.251 e. The number of carbonyl (C=O) groups is 2. The van der Waals surface area contributed by atoms with Gasteiger partial charge in [0.2, 0.25) is 5.91 Å². The van der Waals surface area contributed by atoms with Crippen molar-refractivity contribution in [3.8, 4) is 0 Å². The number of nitrogens with one attached hydrogen (secondary N) is 2. The second-order valence-electron chi connectivity index (χ2n) is 5.73. The molecule has 5 heteroatoms. The van der Waals surface area contributed by atoms with Gasteiger partial charge in [-0.25, -0.2) is 0 Å². The van der Waals surface area contributed by atoms with E-state index in [1.165, 1.54) is 6.08 Å². The Morgan fingerprint density at radius 2 is 1.72 bits per heavy atom. The largest absolute Gasteiger partial charge is 0.350 e. The average Bonchev–Trinajstić information content (AvgIpc) is 2.61. The van der Waals surface area contributed by atoms with Crippen molar-refractivity contribution in [3.63, 3.8) is 0 Å². The molecule has 2 N–H and O–H groups in total. The number of hydrogen-bond donors (Lipinski definition) is 2. The number of anilines is 1. The summed E-state index contributed by atoms with van der Waals surface area (Å²) in [6.07, 6.45) is 4.03. The molecule has 4 nitrogen and oxygen atoms in total. The minimum Gasteiger partial charge on any atom is -0.350 e. The number of hydrogen-bond acceptors (Lipinski definition) is 2. The van der Waals surface area contributed by atoms with Crippen molar-refractivity contribution in [2.24, 2.45) is 0 Å². The summed E-state index contributed by atoms with van der Waals surface area (Å²) in [7, 11) is 0. The molecule has 25 heavy (non-hydrogen) atoms. The average molecular weight is 357 g/mol. The van der Waals surface area contributed by atoms with E-state index in [0.717, 1.165) is 12.0 Å². The first-order valence-corrected chi connectivity index (χ1v) is 8.51. The molecule has 1 atom stereocenters. The number of benzene rings is 2. The second-order valence-corrected chi connectivity index (χ2v) is 6.17. The normalized spacial score (nSPS) is 12.0. The molecule has 2 amide bonds. The maximum atomic E-state index is 12.0. The van der Waals surface area contributed by atoms with Crippen LogP contribution in [0.25, 0.3) is 6.08 Å². The zero-order valence-corrected chi connectivity index (χ0v) is 15.0. The Morgan fingerprint density at radius 3 is 2.32 bits per heavy atom. The fourth-order valence-corrected chi connectivity index (χ4v) is 2.17. The minimum atomic E-state index is -0.244. The second kappa shape index (κ2) is 9.04. The molecular formula is C20H21ClN2O2. The van der Waals surface area contributed by atoms with Crippen molar-refractivity contribution in [3.05, 3.63) is 70.8 Å². The lowest BCUT2D eigenvalue weighted by molar-refractivity contribution is -0.111. The molecule has 0 fully saturated rings. The van der Waals surface area contributed by atoms with E-state index in [2.05, 4.69) is 10.6 Å². The van der Waals surface area contributed by atoms with Crippen molar-refractivity contribution >= 4 is 35.2 Å². The van der Waals surface area contributed by atoms with E-state index >= 15 is 0 Å². The van der Waals surface area contributed by atoms with Crippen LogP contribution in [0, 0.1) is 0 Å². The van der Waals surface area contributed by atoms with Crippen molar-refractivity contribution in [2.45, 2.75) is 26.3 Å². The molecule has 2 aromatic carbocycles. The van der Waals surface area contributed by atoms with Crippen LogP contribution in [-0.2, 0) is 4.79 Å². The highest BCUT2D eigenvalue weighted by Crippen LogP contribution is 2.12. The highest BCUT2D eigenvalue weighted by atomic mass is 35.5. The Kier molecular flexibility index (Phi) is 6.78. The van der Waals surface area contributed by atoms with E-state index in [1.807, 2.05) is 26.0 Å². The van der Waals surface area contributed by atoms with Gasteiger partial charge < -0.3 is 10.6 Å². The van der Waals surface area contributed by atoms with Gasteiger partial charge in [-0.1, -0.05) is 30.7 Å². The Labute approximate surface area is 152 Å². The van der Waals surface area contributed by atoms with E-state index in [0.29, 0.717) is 16.3 Å². The quantitative estimate of drug-likeness (QED) is 0.747. The van der Waals surface area contributed by atoms with E-state index in [4.69, 9.17) is 11.6 Å². The van der Waals surface area contributed by atoms with Crippen molar-refractivity contribution < 1.29 is 9.59 Å². The van der Waals surface area contributed by atoms with Crippen LogP contribution in [0.2, 0.25) is 5.02 Å². The summed E-state index contributed by atoms with van der Waals surface area (Å²) in [5.41, 5.74) is 2.08. The lowest BCUT2D eigenvalue weighted by atomic mass is 10.1. The standard InChI is InChI=1S/C20H21ClN2O2/c1-3-14(2)22-20(25)16-7-11-18(12-8-16)23-19(24)13-6-15-4-9-17(21)10-5-15/h4-14H,3H2,1-2H3,(H,22,25)(H,23,24)/b13-6+. The summed E-state index contributed by atoms with van der Waals surface area (Å²) < 4.78 is 0. The lowest BCUT2D eigenvalue weighted by Crippen LogP contribution is -2.31. The van der Waals surface area contributed by atoms with Crippen LogP contribution in [0.3, 0.4) is 0 Å². The third-order valence-corrected chi connectivity index (χ3v) is 3.95. The third kappa shape index (κ3) is 6.08. The van der Waals surface area contributed by atoms with Gasteiger partial charge in [0.15, 0.2) is 0 Å². The summed E-state index contributed by atoms with van der Waals surface area (Å²) in [4.78, 5) is 24.0. The van der Waals surface area contributed by atoms with E-state index in [9.17, 15) is 9.59 Å². The van der Waals surface area contributed by atoms with Gasteiger partial charge in [-0.3, -0.25) is 9.59 Å². The molecule has 0 aliphatic carbocycles. The summed E-state index contributed by atoms with van der Waals surface area (Å²) in [5, 5.41) is 6.31. The lowest BCUT2D eigenvalue weighted by Gasteiger charge is -2.11. The fraction of sp³-hybridized carbons (Fsp3) is 0.200. The molecule has 1 unspecified atom stereocenters. The number of rotatable bonds is 6. The van der Waals surface area contributed by atoms with Crippen LogP contribution in [0.5, 0.6) is 0 Å². The molecule has 0 saturated heterocycles. The van der Waals surface area contributed by atoms with E-state index in [1.54, 1.807) is 42.5 Å². The maximum absolute atomic E-state index is 12.0. The first kappa shape index (κ1) is 18.7. The summed E-state index contributed by atoms with van der Waals surface area (Å²) in [6, 6.07) is 14.1. The van der Waals surface area contributed by atoms with Gasteiger partial charge in [0.1, 0.15) is 0 Å². The monoisotopic (exact) mass is 356 g/mol. The Hall–Kier alpha value is -2.59. The summed E-state index contributed by atoms with van der Waals surface area (Å²) >= 11 is 5.82. The molecule has 2 aromatic rings. The number of carbonyl (C=O) groups excluding carboxylic acids is 2. The smallest absolute Gasteiger partial charge is 0.251 e. The molecule has 0 aromatic heterocycles. The molecular weight excluding hydrogens is 336 g/mol. The highest BCUT2D eigenvalue weighted by Gasteiger charge is 2.08. The molecule has 0 bridgehead atoms. The topological polar surface area (TPSA) is 58.2 Å². The molecule has 0 aliphatic heterocycles. The molecule has 0 aliphatic rings. The Balaban J connectivity index is 1.93. The van der Waals surface area contributed by atoms with Crippen LogP contribution in [0.1, 0.15) is 36.2 Å². The molecule has 130 valence electrons. The van der Waals surface area contributed by atoms with Crippen LogP contribution in [0.4, 0.5) is 5.69 Å². The fourth-order valence-electron chi connectivity index (χ4n) is 2.04. The van der Waals surface area contributed by atoms with Gasteiger partial charge in [0.05, 0.1) is 0 Å². The van der Waals surface area contributed by atoms with Gasteiger partial charge in [-0.05, 0) is 61.4 Å². The molecule has 0 saturated carbocycles. The van der Waals surface area contributed by atoms with E-state index in [-0.39, 0.29) is 17.9 Å². The molecule has 0 heterocycles. The minimum absolute atomic E-state index is 0.116. The highest BCUT2D eigenvalue weighted by molar-refractivity contribution is 6.30. The van der Waals surface area contributed by atoms with Gasteiger partial charge in [-0.15, -0.1) is 0 Å². The van der Waals surface area contributed by atoms with Crippen molar-refractivity contribution in [1.82, 2.24) is 5.32 Å². The Bertz CT molecular complexity index is 752. The van der Waals surface area contributed by atoms with E-state index < -0.39 is 0 Å². The first-order chi connectivity index (χ1) is 12.0. The predicted octanol–water partition coefficient (Wildman–Crippen LogP) is 4.52. The summed E-state index contributed by atoms with van der Waals surface area (Å²) in [5.74, 6) is -0.360. The predicted molar refractivity (Wildman–Crippen MR) is 103 cm³/mol. The van der Waals surface area contributed by atoms with Crippen molar-refractivity contribution in [1.29, 1.82) is 0 Å². The number of amides is 2. The number of halogens is 1. The van der Waals surface area contributed by atoms with Gasteiger partial charge in [0.25, 0.3) is 5.91 Å². The van der Waals surface area contributed by atoms with Crippen LogP contribution >= 0.6 is 11.6 Å². The zero-order chi connectivity index (χ0) is 18.2. The first-order valence-electron chi connectivity index (χ1n) is 8.13. The SMILES string of the molecule is CCC(C)NC(=O)c1ccc(NC(=O)/C=C/c2ccc(Cl)cc2)cc1. The van der Waals surface area contributed by atoms with Crippen molar-refractivity contribution in [2.75, 3.05) is 5.32 Å². The third-order valence-electron chi connectivity index (χ3n) is 3.70. The Morgan fingerprint density at radius 1 is 1.08 bits per heavy atom. The zero-order valence-electron chi connectivity index (χ0n) is 14.3. The molecule has 0 spiro atoms. The van der Waals surface area contributed by atoms with Crippen LogP contribution in [-0.4, -0.2) is 17.9 Å². The molecule has 0 radical (unpaired) electrons. The summed E-state index contributed by atoms with van der Waals surface area (Å²) in [6.45, 7) is 3.97. The van der Waals surface area contributed by atoms with Gasteiger partial charge in [0, 0.05) is 28.4 Å². The molecule has 2 rings (SSSR count). The van der Waals surface area contributed by atoms with Gasteiger partial charge >= 0.3 is 0 Å². The van der Waals surface area contributed by atoms with Crippen LogP contribution in [0.15, 0.2) is 54.6 Å².